The average molecular weight is 232 g/mol. The number of carbonyl (C=O) groups is 1. The van der Waals surface area contributed by atoms with Crippen molar-refractivity contribution in [3.05, 3.63) is 29.8 Å². The zero-order chi connectivity index (χ0) is 12.1. The first kappa shape index (κ1) is 12.2. The van der Waals surface area contributed by atoms with Crippen LogP contribution in [0.3, 0.4) is 0 Å². The number of hydrogen-bond acceptors (Lipinski definition) is 2. The van der Waals surface area contributed by atoms with Gasteiger partial charge in [-0.1, -0.05) is 37.8 Å². The first-order valence-electron chi connectivity index (χ1n) is 6.55. The molecule has 0 N–H and O–H groups in total. The van der Waals surface area contributed by atoms with E-state index in [4.69, 9.17) is 4.74 Å². The molecule has 1 aliphatic rings. The summed E-state index contributed by atoms with van der Waals surface area (Å²) in [5.41, 5.74) is 0.794. The molecule has 0 spiro atoms. The van der Waals surface area contributed by atoms with Gasteiger partial charge in [-0.3, -0.25) is 4.79 Å². The van der Waals surface area contributed by atoms with Gasteiger partial charge in [-0.15, -0.1) is 0 Å². The van der Waals surface area contributed by atoms with Crippen LogP contribution in [0.2, 0.25) is 0 Å². The Bertz CT molecular complexity index is 378. The van der Waals surface area contributed by atoms with Gasteiger partial charge in [-0.25, -0.2) is 0 Å². The molecule has 0 bridgehead atoms. The van der Waals surface area contributed by atoms with Gasteiger partial charge in [0, 0.05) is 12.0 Å². The molecular weight excluding hydrogens is 212 g/mol. The van der Waals surface area contributed by atoms with Crippen molar-refractivity contribution in [2.45, 2.75) is 39.0 Å². The normalized spacial score (nSPS) is 16.1. The van der Waals surface area contributed by atoms with Crippen LogP contribution in [0.4, 0.5) is 0 Å². The summed E-state index contributed by atoms with van der Waals surface area (Å²) in [6, 6.07) is 7.54. The highest BCUT2D eigenvalue weighted by atomic mass is 16.5. The minimum atomic E-state index is 0.262. The lowest BCUT2D eigenvalue weighted by atomic mass is 9.97. The highest BCUT2D eigenvalue weighted by Crippen LogP contribution is 2.29. The zero-order valence-electron chi connectivity index (χ0n) is 10.4. The predicted molar refractivity (Wildman–Crippen MR) is 68.5 cm³/mol. The Hall–Kier alpha value is -1.31. The van der Waals surface area contributed by atoms with E-state index in [-0.39, 0.29) is 5.78 Å². The number of ketones is 1. The van der Waals surface area contributed by atoms with Gasteiger partial charge in [0.15, 0.2) is 5.78 Å². The van der Waals surface area contributed by atoms with Crippen LogP contribution in [0.15, 0.2) is 24.3 Å². The number of carbonyl (C=O) groups excluding carboxylic acids is 1. The molecule has 2 rings (SSSR count). The van der Waals surface area contributed by atoms with E-state index in [1.54, 1.807) is 0 Å². The second-order valence-corrected chi connectivity index (χ2v) is 4.74. The van der Waals surface area contributed by atoms with Crippen molar-refractivity contribution in [1.29, 1.82) is 0 Å². The number of hydrogen-bond donors (Lipinski definition) is 0. The summed E-state index contributed by atoms with van der Waals surface area (Å²) in [5.74, 6) is 1.67. The van der Waals surface area contributed by atoms with Crippen molar-refractivity contribution >= 4 is 5.78 Å². The molecule has 1 saturated carbocycles. The van der Waals surface area contributed by atoms with Crippen LogP contribution in [0.25, 0.3) is 0 Å². The van der Waals surface area contributed by atoms with Crippen LogP contribution in [-0.4, -0.2) is 12.4 Å². The van der Waals surface area contributed by atoms with Crippen molar-refractivity contribution in [3.63, 3.8) is 0 Å². The van der Waals surface area contributed by atoms with E-state index in [1.165, 1.54) is 25.7 Å². The van der Waals surface area contributed by atoms with Gasteiger partial charge in [-0.2, -0.15) is 0 Å². The van der Waals surface area contributed by atoms with E-state index >= 15 is 0 Å². The van der Waals surface area contributed by atoms with Gasteiger partial charge in [0.05, 0.1) is 6.61 Å². The lowest BCUT2D eigenvalue weighted by Crippen LogP contribution is -2.06. The Kier molecular flexibility index (Phi) is 4.18. The van der Waals surface area contributed by atoms with E-state index in [0.29, 0.717) is 18.9 Å². The van der Waals surface area contributed by atoms with Crippen molar-refractivity contribution in [1.82, 2.24) is 0 Å². The summed E-state index contributed by atoms with van der Waals surface area (Å²) < 4.78 is 5.41. The number of benzene rings is 1. The molecule has 17 heavy (non-hydrogen) atoms. The summed E-state index contributed by atoms with van der Waals surface area (Å²) in [4.78, 5) is 12.1. The molecule has 0 amide bonds. The third-order valence-electron chi connectivity index (χ3n) is 3.42. The fourth-order valence-corrected chi connectivity index (χ4v) is 2.52. The van der Waals surface area contributed by atoms with E-state index < -0.39 is 0 Å². The second-order valence-electron chi connectivity index (χ2n) is 4.74. The van der Waals surface area contributed by atoms with Crippen molar-refractivity contribution in [2.75, 3.05) is 6.61 Å². The van der Waals surface area contributed by atoms with Gasteiger partial charge in [0.2, 0.25) is 0 Å². The minimum absolute atomic E-state index is 0.262. The molecule has 0 aromatic heterocycles. The summed E-state index contributed by atoms with van der Waals surface area (Å²) in [6.07, 6.45) is 5.72. The van der Waals surface area contributed by atoms with Crippen LogP contribution in [0.1, 0.15) is 49.4 Å². The topological polar surface area (TPSA) is 26.3 Å². The zero-order valence-corrected chi connectivity index (χ0v) is 10.4. The molecule has 1 aromatic rings. The Morgan fingerprint density at radius 1 is 1.35 bits per heavy atom. The van der Waals surface area contributed by atoms with Gasteiger partial charge >= 0.3 is 0 Å². The molecule has 0 aliphatic heterocycles. The van der Waals surface area contributed by atoms with Gasteiger partial charge in [0.1, 0.15) is 5.75 Å². The summed E-state index contributed by atoms with van der Waals surface area (Å²) in [6.45, 7) is 2.59. The highest BCUT2D eigenvalue weighted by molar-refractivity contribution is 5.96. The molecule has 1 fully saturated rings. The van der Waals surface area contributed by atoms with E-state index in [1.807, 2.05) is 31.2 Å². The maximum atomic E-state index is 12.1. The molecule has 0 saturated heterocycles. The van der Waals surface area contributed by atoms with Gasteiger partial charge < -0.3 is 4.74 Å². The van der Waals surface area contributed by atoms with Crippen LogP contribution < -0.4 is 4.74 Å². The van der Waals surface area contributed by atoms with E-state index in [2.05, 4.69) is 0 Å². The molecule has 1 aromatic carbocycles. The fourth-order valence-electron chi connectivity index (χ4n) is 2.52. The first-order valence-corrected chi connectivity index (χ1v) is 6.55. The molecule has 0 radical (unpaired) electrons. The molecule has 2 nitrogen and oxygen atoms in total. The molecule has 2 heteroatoms. The van der Waals surface area contributed by atoms with Crippen LogP contribution in [0, 0.1) is 5.92 Å². The molecule has 1 aliphatic carbocycles. The van der Waals surface area contributed by atoms with E-state index in [0.717, 1.165) is 11.3 Å². The standard InChI is InChI=1S/C15H20O2/c1-2-17-14-9-5-8-13(11-14)15(16)10-12-6-3-4-7-12/h5,8-9,11-12H,2-4,6-7,10H2,1H3. The molecule has 0 atom stereocenters. The first-order chi connectivity index (χ1) is 8.29. The molecule has 0 unspecified atom stereocenters. The maximum absolute atomic E-state index is 12.1. The lowest BCUT2D eigenvalue weighted by Gasteiger charge is -2.09. The Labute approximate surface area is 103 Å². The van der Waals surface area contributed by atoms with Crippen molar-refractivity contribution < 1.29 is 9.53 Å². The Morgan fingerprint density at radius 2 is 2.12 bits per heavy atom. The second kappa shape index (κ2) is 5.85. The van der Waals surface area contributed by atoms with Crippen LogP contribution >= 0.6 is 0 Å². The summed E-state index contributed by atoms with van der Waals surface area (Å²) in [5, 5.41) is 0. The van der Waals surface area contributed by atoms with Crippen LogP contribution in [-0.2, 0) is 0 Å². The van der Waals surface area contributed by atoms with Crippen LogP contribution in [0.5, 0.6) is 5.75 Å². The number of rotatable bonds is 5. The Morgan fingerprint density at radius 3 is 2.82 bits per heavy atom. The number of Topliss-reactive ketones (excluding diaryl/α,β-unsaturated/α-hetero) is 1. The SMILES string of the molecule is CCOc1cccc(C(=O)CC2CCCC2)c1. The Balaban J connectivity index is 1.99. The molecule has 0 heterocycles. The lowest BCUT2D eigenvalue weighted by molar-refractivity contribution is 0.0961. The van der Waals surface area contributed by atoms with Gasteiger partial charge in [0.25, 0.3) is 0 Å². The average Bonchev–Trinajstić information content (AvgIpc) is 2.83. The highest BCUT2D eigenvalue weighted by Gasteiger charge is 2.19. The third-order valence-corrected chi connectivity index (χ3v) is 3.42. The van der Waals surface area contributed by atoms with Gasteiger partial charge in [-0.05, 0) is 25.0 Å². The summed E-state index contributed by atoms with van der Waals surface area (Å²) >= 11 is 0. The fraction of sp³-hybridized carbons (Fsp3) is 0.533. The van der Waals surface area contributed by atoms with Crippen molar-refractivity contribution in [2.24, 2.45) is 5.92 Å². The maximum Gasteiger partial charge on any atom is 0.163 e. The largest absolute Gasteiger partial charge is 0.494 e. The third kappa shape index (κ3) is 3.32. The molecule has 92 valence electrons. The quantitative estimate of drug-likeness (QED) is 0.721. The van der Waals surface area contributed by atoms with Crippen molar-refractivity contribution in [3.8, 4) is 5.75 Å². The summed E-state index contributed by atoms with van der Waals surface area (Å²) in [7, 11) is 0. The van der Waals surface area contributed by atoms with E-state index in [9.17, 15) is 4.79 Å². The predicted octanol–water partition coefficient (Wildman–Crippen LogP) is 3.85. The number of ether oxygens (including phenoxy) is 1. The molecular formula is C15H20O2. The minimum Gasteiger partial charge on any atom is -0.494 e. The monoisotopic (exact) mass is 232 g/mol. The smallest absolute Gasteiger partial charge is 0.163 e.